The zero-order valence-electron chi connectivity index (χ0n) is 13.1. The maximum atomic E-state index is 4.61. The van der Waals surface area contributed by atoms with E-state index in [0.29, 0.717) is 0 Å². The third kappa shape index (κ3) is 2.25. The van der Waals surface area contributed by atoms with E-state index in [4.69, 9.17) is 0 Å². The van der Waals surface area contributed by atoms with Gasteiger partial charge >= 0.3 is 0 Å². The van der Waals surface area contributed by atoms with E-state index in [1.54, 1.807) is 0 Å². The Kier molecular flexibility index (Phi) is 3.43. The van der Waals surface area contributed by atoms with Crippen molar-refractivity contribution < 1.29 is 0 Å². The third-order valence-corrected chi connectivity index (χ3v) is 5.71. The van der Waals surface area contributed by atoms with Crippen LogP contribution in [0.1, 0.15) is 0 Å². The number of nitrogens with zero attached hydrogens (tertiary/aromatic N) is 2. The standard InChI is InChI=1S/C21H12Br2N2/c22-13-8-9-19-16(11-13)17-12-18(23)14-5-1-2-6-15(14)21(17)25(19)20-7-3-4-10-24-20/h1-12H. The average molecular weight is 452 g/mol. The van der Waals surface area contributed by atoms with Crippen LogP contribution in [-0.4, -0.2) is 9.55 Å². The van der Waals surface area contributed by atoms with E-state index < -0.39 is 0 Å². The first-order chi connectivity index (χ1) is 12.2. The van der Waals surface area contributed by atoms with Crippen molar-refractivity contribution in [3.05, 3.63) is 81.9 Å². The lowest BCUT2D eigenvalue weighted by molar-refractivity contribution is 1.08. The van der Waals surface area contributed by atoms with Crippen LogP contribution in [0, 0.1) is 0 Å². The van der Waals surface area contributed by atoms with Gasteiger partial charge in [-0.1, -0.05) is 62.2 Å². The van der Waals surface area contributed by atoms with Gasteiger partial charge in [0, 0.05) is 31.3 Å². The highest BCUT2D eigenvalue weighted by atomic mass is 79.9. The van der Waals surface area contributed by atoms with Crippen LogP contribution in [0.5, 0.6) is 0 Å². The number of hydrogen-bond donors (Lipinski definition) is 0. The Morgan fingerprint density at radius 1 is 0.720 bits per heavy atom. The largest absolute Gasteiger partial charge is 0.293 e. The van der Waals surface area contributed by atoms with Crippen LogP contribution in [-0.2, 0) is 0 Å². The molecule has 0 atom stereocenters. The fourth-order valence-corrected chi connectivity index (χ4v) is 4.46. The molecular weight excluding hydrogens is 440 g/mol. The summed E-state index contributed by atoms with van der Waals surface area (Å²) in [5.74, 6) is 0.928. The molecule has 4 heteroatoms. The second-order valence-electron chi connectivity index (χ2n) is 5.98. The molecule has 2 aromatic heterocycles. The monoisotopic (exact) mass is 450 g/mol. The van der Waals surface area contributed by atoms with Gasteiger partial charge in [-0.2, -0.15) is 0 Å². The minimum Gasteiger partial charge on any atom is -0.293 e. The molecule has 0 aliphatic rings. The van der Waals surface area contributed by atoms with Crippen molar-refractivity contribution in [2.75, 3.05) is 0 Å². The van der Waals surface area contributed by atoms with Crippen molar-refractivity contribution in [1.29, 1.82) is 0 Å². The van der Waals surface area contributed by atoms with Crippen LogP contribution in [0.15, 0.2) is 81.9 Å². The molecule has 0 aliphatic heterocycles. The van der Waals surface area contributed by atoms with Crippen molar-refractivity contribution in [2.45, 2.75) is 0 Å². The predicted molar refractivity (Wildman–Crippen MR) is 111 cm³/mol. The second kappa shape index (κ2) is 5.68. The van der Waals surface area contributed by atoms with E-state index in [1.165, 1.54) is 27.1 Å². The van der Waals surface area contributed by atoms with E-state index in [-0.39, 0.29) is 0 Å². The highest BCUT2D eigenvalue weighted by Crippen LogP contribution is 2.40. The first kappa shape index (κ1) is 15.1. The van der Waals surface area contributed by atoms with Crippen LogP contribution in [0.2, 0.25) is 0 Å². The number of halogens is 2. The van der Waals surface area contributed by atoms with Gasteiger partial charge in [-0.05, 0) is 41.8 Å². The molecule has 2 heterocycles. The molecule has 2 nitrogen and oxygen atoms in total. The molecule has 0 fully saturated rings. The quantitative estimate of drug-likeness (QED) is 0.272. The van der Waals surface area contributed by atoms with Gasteiger partial charge in [-0.25, -0.2) is 4.98 Å². The zero-order chi connectivity index (χ0) is 17.0. The van der Waals surface area contributed by atoms with Crippen molar-refractivity contribution in [1.82, 2.24) is 9.55 Å². The molecule has 0 spiro atoms. The molecule has 25 heavy (non-hydrogen) atoms. The summed E-state index contributed by atoms with van der Waals surface area (Å²) in [5.41, 5.74) is 2.34. The van der Waals surface area contributed by atoms with Gasteiger partial charge < -0.3 is 0 Å². The molecule has 0 unspecified atom stereocenters. The van der Waals surface area contributed by atoms with Crippen LogP contribution in [0.4, 0.5) is 0 Å². The molecule has 3 aromatic carbocycles. The SMILES string of the molecule is Brc1ccc2c(c1)c1cc(Br)c3ccccc3c1n2-c1ccccn1. The molecule has 5 rings (SSSR count). The third-order valence-electron chi connectivity index (χ3n) is 4.56. The Morgan fingerprint density at radius 2 is 1.52 bits per heavy atom. The minimum atomic E-state index is 0.928. The van der Waals surface area contributed by atoms with E-state index in [2.05, 4.69) is 96.0 Å². The molecule has 0 saturated heterocycles. The number of hydrogen-bond acceptors (Lipinski definition) is 1. The van der Waals surface area contributed by atoms with Crippen molar-refractivity contribution in [3.8, 4) is 5.82 Å². The lowest BCUT2D eigenvalue weighted by atomic mass is 10.1. The summed E-state index contributed by atoms with van der Waals surface area (Å²) >= 11 is 7.37. The molecule has 0 saturated carbocycles. The predicted octanol–water partition coefficient (Wildman–Crippen LogP) is 6.86. The molecule has 0 radical (unpaired) electrons. The molecule has 0 N–H and O–H groups in total. The Bertz CT molecular complexity index is 1260. The average Bonchev–Trinajstić information content (AvgIpc) is 2.96. The van der Waals surface area contributed by atoms with Gasteiger partial charge in [-0.3, -0.25) is 4.57 Å². The summed E-state index contributed by atoms with van der Waals surface area (Å²) in [6, 6.07) is 23.1. The second-order valence-corrected chi connectivity index (χ2v) is 7.75. The van der Waals surface area contributed by atoms with Gasteiger partial charge in [0.25, 0.3) is 0 Å². The summed E-state index contributed by atoms with van der Waals surface area (Å²) in [6.07, 6.45) is 1.84. The first-order valence-electron chi connectivity index (χ1n) is 7.96. The van der Waals surface area contributed by atoms with Gasteiger partial charge in [0.1, 0.15) is 5.82 Å². The minimum absolute atomic E-state index is 0.928. The lowest BCUT2D eigenvalue weighted by Crippen LogP contribution is -1.96. The summed E-state index contributed by atoms with van der Waals surface area (Å²) in [6.45, 7) is 0. The van der Waals surface area contributed by atoms with Gasteiger partial charge in [0.15, 0.2) is 0 Å². The Hall–Kier alpha value is -2.17. The maximum absolute atomic E-state index is 4.61. The van der Waals surface area contributed by atoms with Crippen molar-refractivity contribution >= 4 is 64.4 Å². The molecule has 5 aromatic rings. The van der Waals surface area contributed by atoms with Crippen LogP contribution < -0.4 is 0 Å². The number of benzene rings is 3. The van der Waals surface area contributed by atoms with E-state index in [0.717, 1.165) is 20.3 Å². The summed E-state index contributed by atoms with van der Waals surface area (Å²) in [5, 5.41) is 4.84. The molecule has 0 aliphatic carbocycles. The molecule has 120 valence electrons. The Labute approximate surface area is 161 Å². The van der Waals surface area contributed by atoms with Gasteiger partial charge in [0.2, 0.25) is 0 Å². The Balaban J connectivity index is 2.11. The summed E-state index contributed by atoms with van der Waals surface area (Å²) in [4.78, 5) is 4.61. The zero-order valence-corrected chi connectivity index (χ0v) is 16.3. The molecule has 0 amide bonds. The fraction of sp³-hybridized carbons (Fsp3) is 0. The maximum Gasteiger partial charge on any atom is 0.137 e. The van der Waals surface area contributed by atoms with Crippen LogP contribution in [0.25, 0.3) is 38.4 Å². The van der Waals surface area contributed by atoms with Crippen LogP contribution >= 0.6 is 31.9 Å². The number of pyridine rings is 1. The van der Waals surface area contributed by atoms with Crippen LogP contribution in [0.3, 0.4) is 0 Å². The topological polar surface area (TPSA) is 17.8 Å². The highest BCUT2D eigenvalue weighted by Gasteiger charge is 2.17. The van der Waals surface area contributed by atoms with E-state index >= 15 is 0 Å². The van der Waals surface area contributed by atoms with Gasteiger partial charge in [-0.15, -0.1) is 0 Å². The fourth-order valence-electron chi connectivity index (χ4n) is 3.53. The lowest BCUT2D eigenvalue weighted by Gasteiger charge is -2.09. The summed E-state index contributed by atoms with van der Waals surface area (Å²) in [7, 11) is 0. The Morgan fingerprint density at radius 3 is 2.32 bits per heavy atom. The number of fused-ring (bicyclic) bond motifs is 5. The first-order valence-corrected chi connectivity index (χ1v) is 9.55. The molecular formula is C21H12Br2N2. The molecule has 0 bridgehead atoms. The van der Waals surface area contributed by atoms with Crippen molar-refractivity contribution in [2.24, 2.45) is 0 Å². The van der Waals surface area contributed by atoms with E-state index in [9.17, 15) is 0 Å². The summed E-state index contributed by atoms with van der Waals surface area (Å²) < 4.78 is 4.44. The van der Waals surface area contributed by atoms with E-state index in [1.807, 2.05) is 18.3 Å². The number of rotatable bonds is 1. The number of aromatic nitrogens is 2. The smallest absolute Gasteiger partial charge is 0.137 e. The normalized spacial score (nSPS) is 11.6. The van der Waals surface area contributed by atoms with Gasteiger partial charge in [0.05, 0.1) is 11.0 Å². The van der Waals surface area contributed by atoms with Crippen molar-refractivity contribution in [3.63, 3.8) is 0 Å². The highest BCUT2D eigenvalue weighted by molar-refractivity contribution is 9.11.